The van der Waals surface area contributed by atoms with Gasteiger partial charge in [0.2, 0.25) is 0 Å². The first-order chi connectivity index (χ1) is 14.6. The number of ether oxygens (including phenoxy) is 1. The average Bonchev–Trinajstić information content (AvgIpc) is 2.72. The molecule has 5 nitrogen and oxygen atoms in total. The van der Waals surface area contributed by atoms with E-state index in [2.05, 4.69) is 22.8 Å². The zero-order valence-corrected chi connectivity index (χ0v) is 17.1. The van der Waals surface area contributed by atoms with E-state index < -0.39 is 0 Å². The van der Waals surface area contributed by atoms with E-state index in [4.69, 9.17) is 10.00 Å². The van der Waals surface area contributed by atoms with Crippen molar-refractivity contribution >= 4 is 17.3 Å². The zero-order valence-electron chi connectivity index (χ0n) is 17.1. The fourth-order valence-electron chi connectivity index (χ4n) is 6.26. The Hall–Kier alpha value is -3.00. The Morgan fingerprint density at radius 1 is 0.967 bits per heavy atom. The molecule has 4 fully saturated rings. The number of hydrogen-bond donors (Lipinski definition) is 2. The van der Waals surface area contributed by atoms with Gasteiger partial charge >= 0.3 is 0 Å². The van der Waals surface area contributed by atoms with Crippen molar-refractivity contribution in [3.8, 4) is 11.8 Å². The number of para-hydroxylation sites is 3. The molecule has 0 aliphatic heterocycles. The minimum Gasteiger partial charge on any atom is -0.482 e. The van der Waals surface area contributed by atoms with Crippen LogP contribution in [0.5, 0.6) is 5.75 Å². The second kappa shape index (κ2) is 7.68. The molecule has 0 radical (unpaired) electrons. The van der Waals surface area contributed by atoms with Crippen molar-refractivity contribution in [2.45, 2.75) is 44.1 Å². The smallest absolute Gasteiger partial charge is 0.262 e. The molecule has 4 bridgehead atoms. The Balaban J connectivity index is 1.26. The minimum absolute atomic E-state index is 0.135. The van der Waals surface area contributed by atoms with Gasteiger partial charge in [-0.05, 0) is 80.5 Å². The van der Waals surface area contributed by atoms with Gasteiger partial charge in [-0.15, -0.1) is 0 Å². The SMILES string of the molecule is N#Cc1ccccc1OCC(=O)Nc1ccccc1NC12CC3CC(CC(C3)C1)C2. The number of carbonyl (C=O) groups excluding carboxylic acids is 1. The molecule has 154 valence electrons. The highest BCUT2D eigenvalue weighted by atomic mass is 16.5. The summed E-state index contributed by atoms with van der Waals surface area (Å²) in [5.41, 5.74) is 2.38. The van der Waals surface area contributed by atoms with Crippen LogP contribution in [0.4, 0.5) is 11.4 Å². The van der Waals surface area contributed by atoms with Crippen LogP contribution >= 0.6 is 0 Å². The summed E-state index contributed by atoms with van der Waals surface area (Å²) in [6, 6.07) is 17.0. The quantitative estimate of drug-likeness (QED) is 0.718. The lowest BCUT2D eigenvalue weighted by Gasteiger charge is -2.57. The molecule has 30 heavy (non-hydrogen) atoms. The molecule has 4 aliphatic rings. The monoisotopic (exact) mass is 401 g/mol. The average molecular weight is 402 g/mol. The van der Waals surface area contributed by atoms with Crippen LogP contribution < -0.4 is 15.4 Å². The molecule has 0 spiro atoms. The maximum absolute atomic E-state index is 12.6. The first-order valence-electron chi connectivity index (χ1n) is 10.9. The maximum atomic E-state index is 12.6. The Kier molecular flexibility index (Phi) is 4.86. The molecule has 2 aromatic rings. The minimum atomic E-state index is -0.234. The van der Waals surface area contributed by atoms with Crippen LogP contribution in [0.3, 0.4) is 0 Å². The summed E-state index contributed by atoms with van der Waals surface area (Å²) in [4.78, 5) is 12.6. The van der Waals surface area contributed by atoms with Gasteiger partial charge in [0.05, 0.1) is 16.9 Å². The first kappa shape index (κ1) is 19.0. The van der Waals surface area contributed by atoms with Gasteiger partial charge in [0.25, 0.3) is 5.91 Å². The number of nitriles is 1. The van der Waals surface area contributed by atoms with Gasteiger partial charge in [-0.25, -0.2) is 0 Å². The molecule has 4 aliphatic carbocycles. The lowest BCUT2D eigenvalue weighted by molar-refractivity contribution is -0.118. The van der Waals surface area contributed by atoms with Crippen molar-refractivity contribution in [3.05, 3.63) is 54.1 Å². The Morgan fingerprint density at radius 2 is 1.57 bits per heavy atom. The number of amides is 1. The Labute approximate surface area is 177 Å². The number of carbonyl (C=O) groups is 1. The largest absolute Gasteiger partial charge is 0.482 e. The molecule has 5 heteroatoms. The first-order valence-corrected chi connectivity index (χ1v) is 10.9. The fourth-order valence-corrected chi connectivity index (χ4v) is 6.26. The summed E-state index contributed by atoms with van der Waals surface area (Å²) in [5, 5.41) is 16.0. The summed E-state index contributed by atoms with van der Waals surface area (Å²) >= 11 is 0. The molecule has 2 N–H and O–H groups in total. The predicted molar refractivity (Wildman–Crippen MR) is 116 cm³/mol. The Morgan fingerprint density at radius 3 is 2.23 bits per heavy atom. The van der Waals surface area contributed by atoms with Crippen LogP contribution in [0.15, 0.2) is 48.5 Å². The van der Waals surface area contributed by atoms with Gasteiger partial charge in [-0.2, -0.15) is 5.26 Å². The van der Waals surface area contributed by atoms with E-state index in [1.165, 1.54) is 38.5 Å². The van der Waals surface area contributed by atoms with Crippen molar-refractivity contribution in [2.24, 2.45) is 17.8 Å². The topological polar surface area (TPSA) is 74.1 Å². The number of nitrogens with zero attached hydrogens (tertiary/aromatic N) is 1. The summed E-state index contributed by atoms with van der Waals surface area (Å²) < 4.78 is 5.58. The Bertz CT molecular complexity index is 959. The second-order valence-electron chi connectivity index (χ2n) is 9.31. The van der Waals surface area contributed by atoms with Crippen LogP contribution in [0.1, 0.15) is 44.1 Å². The number of benzene rings is 2. The molecule has 0 heterocycles. The van der Waals surface area contributed by atoms with Gasteiger partial charge in [-0.3, -0.25) is 4.79 Å². The molecule has 4 saturated carbocycles. The second-order valence-corrected chi connectivity index (χ2v) is 9.31. The van der Waals surface area contributed by atoms with Crippen LogP contribution in [-0.2, 0) is 4.79 Å². The summed E-state index contributed by atoms with van der Waals surface area (Å²) in [7, 11) is 0. The maximum Gasteiger partial charge on any atom is 0.262 e. The van der Waals surface area contributed by atoms with E-state index in [0.717, 1.165) is 29.1 Å². The lowest BCUT2D eigenvalue weighted by Crippen LogP contribution is -2.54. The van der Waals surface area contributed by atoms with Gasteiger partial charge in [0, 0.05) is 5.54 Å². The summed E-state index contributed by atoms with van der Waals surface area (Å²) in [6.07, 6.45) is 7.95. The standard InChI is InChI=1S/C25H27N3O2/c26-15-20-5-1-4-8-23(20)30-16-24(29)27-21-6-2-3-7-22(21)28-25-12-17-9-18(13-25)11-19(10-17)14-25/h1-8,17-19,28H,9-14,16H2,(H,27,29). The number of anilines is 2. The van der Waals surface area contributed by atoms with E-state index in [1.807, 2.05) is 18.2 Å². The van der Waals surface area contributed by atoms with Crippen LogP contribution in [0.2, 0.25) is 0 Å². The molecule has 0 aromatic heterocycles. The van der Waals surface area contributed by atoms with E-state index in [0.29, 0.717) is 11.3 Å². The van der Waals surface area contributed by atoms with E-state index in [9.17, 15) is 4.79 Å². The van der Waals surface area contributed by atoms with Crippen LogP contribution in [-0.4, -0.2) is 18.1 Å². The molecule has 1 amide bonds. The zero-order chi connectivity index (χ0) is 20.6. The molecular weight excluding hydrogens is 374 g/mol. The molecule has 0 unspecified atom stereocenters. The summed E-state index contributed by atoms with van der Waals surface area (Å²) in [6.45, 7) is -0.135. The highest BCUT2D eigenvalue weighted by Crippen LogP contribution is 2.56. The van der Waals surface area contributed by atoms with Crippen molar-refractivity contribution < 1.29 is 9.53 Å². The highest BCUT2D eigenvalue weighted by molar-refractivity contribution is 5.95. The molecule has 0 atom stereocenters. The number of hydrogen-bond acceptors (Lipinski definition) is 4. The molecule has 6 rings (SSSR count). The number of rotatable bonds is 6. The molecule has 2 aromatic carbocycles. The fraction of sp³-hybridized carbons (Fsp3) is 0.440. The predicted octanol–water partition coefficient (Wildman–Crippen LogP) is 4.96. The third kappa shape index (κ3) is 3.75. The van der Waals surface area contributed by atoms with Crippen LogP contribution in [0.25, 0.3) is 0 Å². The molecule has 0 saturated heterocycles. The van der Waals surface area contributed by atoms with Crippen molar-refractivity contribution in [1.82, 2.24) is 0 Å². The van der Waals surface area contributed by atoms with Gasteiger partial charge in [0.1, 0.15) is 11.8 Å². The highest BCUT2D eigenvalue weighted by Gasteiger charge is 2.51. The lowest BCUT2D eigenvalue weighted by atomic mass is 9.53. The third-order valence-corrected chi connectivity index (χ3v) is 7.01. The summed E-state index contributed by atoms with van der Waals surface area (Å²) in [5.74, 6) is 2.77. The van der Waals surface area contributed by atoms with Gasteiger partial charge < -0.3 is 15.4 Å². The van der Waals surface area contributed by atoms with Gasteiger partial charge in [0.15, 0.2) is 6.61 Å². The van der Waals surface area contributed by atoms with Crippen molar-refractivity contribution in [3.63, 3.8) is 0 Å². The van der Waals surface area contributed by atoms with E-state index in [1.54, 1.807) is 24.3 Å². The van der Waals surface area contributed by atoms with E-state index in [-0.39, 0.29) is 18.1 Å². The third-order valence-electron chi connectivity index (χ3n) is 7.01. The van der Waals surface area contributed by atoms with Crippen LogP contribution in [0, 0.1) is 29.1 Å². The molecular formula is C25H27N3O2. The number of nitrogens with one attached hydrogen (secondary N) is 2. The van der Waals surface area contributed by atoms with Crippen molar-refractivity contribution in [2.75, 3.05) is 17.2 Å². The van der Waals surface area contributed by atoms with E-state index >= 15 is 0 Å². The normalized spacial score (nSPS) is 28.6. The van der Waals surface area contributed by atoms with Crippen molar-refractivity contribution in [1.29, 1.82) is 5.26 Å². The van der Waals surface area contributed by atoms with Gasteiger partial charge in [-0.1, -0.05) is 24.3 Å².